The van der Waals surface area contributed by atoms with Crippen molar-refractivity contribution >= 4 is 0 Å². The number of hydrogen-bond donors (Lipinski definition) is 0. The molecule has 16 heavy (non-hydrogen) atoms. The Morgan fingerprint density at radius 1 is 1.44 bits per heavy atom. The summed E-state index contributed by atoms with van der Waals surface area (Å²) >= 11 is 0. The predicted octanol–water partition coefficient (Wildman–Crippen LogP) is 2.09. The standard InChI is InChI=1S/C13H25N3/c1-12(2)16(11-8-14)10-7-13-6-4-5-9-15(13)3/h12-13H,4-7,9-11H2,1-3H3. The summed E-state index contributed by atoms with van der Waals surface area (Å²) in [4.78, 5) is 4.75. The molecular weight excluding hydrogens is 198 g/mol. The van der Waals surface area contributed by atoms with Crippen LogP contribution in [0.25, 0.3) is 0 Å². The van der Waals surface area contributed by atoms with Crippen LogP contribution >= 0.6 is 0 Å². The average molecular weight is 223 g/mol. The molecule has 92 valence electrons. The quantitative estimate of drug-likeness (QED) is 0.669. The summed E-state index contributed by atoms with van der Waals surface area (Å²) in [6.07, 6.45) is 5.25. The van der Waals surface area contributed by atoms with Crippen LogP contribution in [0.5, 0.6) is 0 Å². The fourth-order valence-corrected chi connectivity index (χ4v) is 2.43. The van der Waals surface area contributed by atoms with E-state index in [-0.39, 0.29) is 0 Å². The Morgan fingerprint density at radius 2 is 2.19 bits per heavy atom. The first-order valence-corrected chi connectivity index (χ1v) is 6.46. The van der Waals surface area contributed by atoms with Crippen LogP contribution in [0.1, 0.15) is 39.5 Å². The summed E-state index contributed by atoms with van der Waals surface area (Å²) in [6.45, 7) is 7.20. The van der Waals surface area contributed by atoms with E-state index in [1.165, 1.54) is 32.2 Å². The SMILES string of the molecule is CC(C)N(CC#N)CCC1CCCCN1C. The van der Waals surface area contributed by atoms with Crippen LogP contribution in [0, 0.1) is 11.3 Å². The van der Waals surface area contributed by atoms with Crippen LogP contribution in [0.3, 0.4) is 0 Å². The lowest BCUT2D eigenvalue weighted by Gasteiger charge is -2.34. The number of nitriles is 1. The van der Waals surface area contributed by atoms with Gasteiger partial charge in [0.25, 0.3) is 0 Å². The maximum atomic E-state index is 8.77. The van der Waals surface area contributed by atoms with E-state index in [2.05, 4.69) is 36.8 Å². The lowest BCUT2D eigenvalue weighted by Crippen LogP contribution is -2.40. The lowest BCUT2D eigenvalue weighted by atomic mass is 10.00. The van der Waals surface area contributed by atoms with Gasteiger partial charge in [-0.25, -0.2) is 0 Å². The molecule has 1 aliphatic rings. The van der Waals surface area contributed by atoms with Crippen LogP contribution in [0.2, 0.25) is 0 Å². The van der Waals surface area contributed by atoms with Gasteiger partial charge >= 0.3 is 0 Å². The molecule has 0 aromatic heterocycles. The summed E-state index contributed by atoms with van der Waals surface area (Å²) in [7, 11) is 2.23. The Bertz CT molecular complexity index is 232. The molecule has 0 saturated carbocycles. The fourth-order valence-electron chi connectivity index (χ4n) is 2.43. The minimum Gasteiger partial charge on any atom is -0.303 e. The number of rotatable bonds is 5. The van der Waals surface area contributed by atoms with Crippen molar-refractivity contribution < 1.29 is 0 Å². The van der Waals surface area contributed by atoms with E-state index in [4.69, 9.17) is 5.26 Å². The third kappa shape index (κ3) is 4.11. The number of likely N-dealkylation sites (tertiary alicyclic amines) is 1. The van der Waals surface area contributed by atoms with Crippen LogP contribution in [0.15, 0.2) is 0 Å². The first-order valence-electron chi connectivity index (χ1n) is 6.46. The van der Waals surface area contributed by atoms with Crippen LogP contribution in [0.4, 0.5) is 0 Å². The van der Waals surface area contributed by atoms with E-state index in [1.54, 1.807) is 0 Å². The van der Waals surface area contributed by atoms with Gasteiger partial charge in [-0.15, -0.1) is 0 Å². The second kappa shape index (κ2) is 6.88. The molecule has 0 N–H and O–H groups in total. The largest absolute Gasteiger partial charge is 0.303 e. The topological polar surface area (TPSA) is 30.3 Å². The summed E-state index contributed by atoms with van der Waals surface area (Å²) in [5, 5.41) is 8.77. The maximum absolute atomic E-state index is 8.77. The summed E-state index contributed by atoms with van der Waals surface area (Å²) in [5.74, 6) is 0. The van der Waals surface area contributed by atoms with E-state index < -0.39 is 0 Å². The van der Waals surface area contributed by atoms with Crippen molar-refractivity contribution in [1.82, 2.24) is 9.80 Å². The predicted molar refractivity (Wildman–Crippen MR) is 67.2 cm³/mol. The Kier molecular flexibility index (Phi) is 5.79. The van der Waals surface area contributed by atoms with E-state index in [1.807, 2.05) is 0 Å². The van der Waals surface area contributed by atoms with Gasteiger partial charge in [-0.2, -0.15) is 5.26 Å². The molecule has 0 aromatic carbocycles. The number of hydrogen-bond acceptors (Lipinski definition) is 3. The van der Waals surface area contributed by atoms with Gasteiger partial charge in [0.2, 0.25) is 0 Å². The van der Waals surface area contributed by atoms with Crippen molar-refractivity contribution in [3.8, 4) is 6.07 Å². The zero-order valence-corrected chi connectivity index (χ0v) is 10.9. The third-order valence-corrected chi connectivity index (χ3v) is 3.68. The van der Waals surface area contributed by atoms with Gasteiger partial charge in [-0.3, -0.25) is 4.90 Å². The highest BCUT2D eigenvalue weighted by Gasteiger charge is 2.20. The first kappa shape index (κ1) is 13.5. The Hall–Kier alpha value is -0.590. The van der Waals surface area contributed by atoms with Gasteiger partial charge in [0, 0.05) is 18.6 Å². The number of piperidine rings is 1. The molecule has 1 saturated heterocycles. The lowest BCUT2D eigenvalue weighted by molar-refractivity contribution is 0.148. The normalized spacial score (nSPS) is 22.6. The summed E-state index contributed by atoms with van der Waals surface area (Å²) < 4.78 is 0. The van der Waals surface area contributed by atoms with Crippen LogP contribution in [-0.2, 0) is 0 Å². The van der Waals surface area contributed by atoms with Gasteiger partial charge in [0.05, 0.1) is 12.6 Å². The maximum Gasteiger partial charge on any atom is 0.0868 e. The zero-order chi connectivity index (χ0) is 12.0. The highest BCUT2D eigenvalue weighted by Crippen LogP contribution is 2.18. The van der Waals surface area contributed by atoms with Gasteiger partial charge in [0.1, 0.15) is 0 Å². The molecule has 0 bridgehead atoms. The molecule has 3 heteroatoms. The first-order chi connectivity index (χ1) is 7.65. The van der Waals surface area contributed by atoms with Gasteiger partial charge < -0.3 is 4.90 Å². The Morgan fingerprint density at radius 3 is 2.75 bits per heavy atom. The van der Waals surface area contributed by atoms with Crippen LogP contribution in [-0.4, -0.2) is 48.6 Å². The van der Waals surface area contributed by atoms with Crippen molar-refractivity contribution in [1.29, 1.82) is 5.26 Å². The summed E-state index contributed by atoms with van der Waals surface area (Å²) in [6, 6.07) is 3.47. The molecule has 0 spiro atoms. The Labute approximate surface area is 100 Å². The number of nitrogens with zero attached hydrogens (tertiary/aromatic N) is 3. The molecule has 3 nitrogen and oxygen atoms in total. The molecule has 1 heterocycles. The van der Waals surface area contributed by atoms with E-state index >= 15 is 0 Å². The molecule has 0 radical (unpaired) electrons. The van der Waals surface area contributed by atoms with Crippen molar-refractivity contribution in [3.05, 3.63) is 0 Å². The Balaban J connectivity index is 2.33. The van der Waals surface area contributed by atoms with Crippen molar-refractivity contribution in [3.63, 3.8) is 0 Å². The minimum atomic E-state index is 0.480. The molecule has 0 amide bonds. The second-order valence-corrected chi connectivity index (χ2v) is 5.14. The molecular formula is C13H25N3. The van der Waals surface area contributed by atoms with E-state index in [9.17, 15) is 0 Å². The van der Waals surface area contributed by atoms with Crippen LogP contribution < -0.4 is 0 Å². The highest BCUT2D eigenvalue weighted by molar-refractivity contribution is 4.81. The third-order valence-electron chi connectivity index (χ3n) is 3.68. The zero-order valence-electron chi connectivity index (χ0n) is 10.9. The van der Waals surface area contributed by atoms with Gasteiger partial charge in [-0.05, 0) is 46.7 Å². The smallest absolute Gasteiger partial charge is 0.0868 e. The molecule has 1 aliphatic heterocycles. The fraction of sp³-hybridized carbons (Fsp3) is 0.923. The van der Waals surface area contributed by atoms with Crippen molar-refractivity contribution in [2.45, 2.75) is 51.6 Å². The molecule has 1 atom stereocenters. The van der Waals surface area contributed by atoms with Gasteiger partial charge in [0.15, 0.2) is 0 Å². The van der Waals surface area contributed by atoms with Crippen molar-refractivity contribution in [2.24, 2.45) is 0 Å². The molecule has 1 unspecified atom stereocenters. The summed E-state index contributed by atoms with van der Waals surface area (Å²) in [5.41, 5.74) is 0. The van der Waals surface area contributed by atoms with E-state index in [0.29, 0.717) is 12.6 Å². The highest BCUT2D eigenvalue weighted by atomic mass is 15.2. The average Bonchev–Trinajstić information content (AvgIpc) is 2.26. The molecule has 0 aliphatic carbocycles. The monoisotopic (exact) mass is 223 g/mol. The second-order valence-electron chi connectivity index (χ2n) is 5.14. The van der Waals surface area contributed by atoms with Crippen molar-refractivity contribution in [2.75, 3.05) is 26.7 Å². The molecule has 0 aromatic rings. The minimum absolute atomic E-state index is 0.480. The molecule has 1 rings (SSSR count). The van der Waals surface area contributed by atoms with E-state index in [0.717, 1.165) is 12.6 Å². The molecule has 1 fully saturated rings. The van der Waals surface area contributed by atoms with Gasteiger partial charge in [-0.1, -0.05) is 6.42 Å².